The fourth-order valence-electron chi connectivity index (χ4n) is 1.98. The molecule has 0 amide bonds. The molecule has 0 aliphatic heterocycles. The van der Waals surface area contributed by atoms with E-state index in [9.17, 15) is 4.79 Å². The number of aliphatic imine (C=N–C) groups is 1. The van der Waals surface area contributed by atoms with E-state index in [0.29, 0.717) is 12.6 Å². The number of nitrogens with zero attached hydrogens (tertiary/aromatic N) is 1. The molecule has 0 radical (unpaired) electrons. The van der Waals surface area contributed by atoms with Crippen molar-refractivity contribution in [2.24, 2.45) is 16.6 Å². The van der Waals surface area contributed by atoms with Gasteiger partial charge >= 0.3 is 0 Å². The van der Waals surface area contributed by atoms with Crippen molar-refractivity contribution in [1.82, 2.24) is 0 Å². The lowest BCUT2D eigenvalue weighted by atomic mass is 9.84. The lowest BCUT2D eigenvalue weighted by molar-refractivity contribution is 0.307. The maximum absolute atomic E-state index is 9.79. The molecule has 0 aromatic carbocycles. The van der Waals surface area contributed by atoms with Crippen LogP contribution in [-0.2, 0) is 4.79 Å². The van der Waals surface area contributed by atoms with E-state index in [0.717, 1.165) is 12.3 Å². The summed E-state index contributed by atoms with van der Waals surface area (Å²) in [7, 11) is 0. The molecule has 0 aromatic heterocycles. The molecule has 1 saturated carbocycles. The number of rotatable bonds is 4. The molecule has 1 rings (SSSR count). The van der Waals surface area contributed by atoms with Crippen molar-refractivity contribution in [1.29, 1.82) is 0 Å². The normalized spacial score (nSPS) is 28.1. The Morgan fingerprint density at radius 2 is 2.00 bits per heavy atom. The van der Waals surface area contributed by atoms with Gasteiger partial charge < -0.3 is 5.73 Å². The van der Waals surface area contributed by atoms with Crippen molar-refractivity contribution in [3.63, 3.8) is 0 Å². The number of carbonyl (C=O) groups excluding carboxylic acids is 1. The highest BCUT2D eigenvalue weighted by molar-refractivity contribution is 5.32. The first kappa shape index (κ1) is 10.4. The van der Waals surface area contributed by atoms with Crippen molar-refractivity contribution in [3.8, 4) is 0 Å². The molecule has 0 bridgehead atoms. The van der Waals surface area contributed by atoms with E-state index in [2.05, 4.69) is 4.99 Å². The van der Waals surface area contributed by atoms with Gasteiger partial charge in [-0.3, -0.25) is 0 Å². The maximum atomic E-state index is 9.79. The predicted molar refractivity (Wildman–Crippen MR) is 52.2 cm³/mol. The van der Waals surface area contributed by atoms with Crippen LogP contribution in [0, 0.1) is 5.92 Å². The Labute approximate surface area is 79.4 Å². The second-order valence-electron chi connectivity index (χ2n) is 3.90. The van der Waals surface area contributed by atoms with Gasteiger partial charge in [-0.1, -0.05) is 0 Å². The molecule has 0 unspecified atom stereocenters. The molecular weight excluding hydrogens is 164 g/mol. The summed E-state index contributed by atoms with van der Waals surface area (Å²) in [6.07, 6.45) is 8.63. The number of hydrogen-bond acceptors (Lipinski definition) is 3. The van der Waals surface area contributed by atoms with Crippen molar-refractivity contribution in [2.75, 3.05) is 6.54 Å². The van der Waals surface area contributed by atoms with Gasteiger partial charge in [-0.25, -0.2) is 9.79 Å². The fraction of sp³-hybridized carbons (Fsp3) is 0.900. The molecule has 2 N–H and O–H groups in total. The Bertz CT molecular complexity index is 179. The molecule has 0 aromatic rings. The summed E-state index contributed by atoms with van der Waals surface area (Å²) in [6.45, 7) is 0.645. The lowest BCUT2D eigenvalue weighted by Crippen LogP contribution is -2.26. The molecule has 1 fully saturated rings. The smallest absolute Gasteiger partial charge is 0.234 e. The summed E-state index contributed by atoms with van der Waals surface area (Å²) in [5.41, 5.74) is 5.80. The Morgan fingerprint density at radius 1 is 1.31 bits per heavy atom. The molecule has 0 spiro atoms. The van der Waals surface area contributed by atoms with Gasteiger partial charge in [0.05, 0.1) is 6.54 Å². The van der Waals surface area contributed by atoms with Gasteiger partial charge in [0.15, 0.2) is 0 Å². The zero-order valence-electron chi connectivity index (χ0n) is 8.04. The SMILES string of the molecule is NC1CCC(CCCN=C=O)CC1. The number of hydrogen-bond donors (Lipinski definition) is 1. The van der Waals surface area contributed by atoms with Crippen LogP contribution in [0.5, 0.6) is 0 Å². The summed E-state index contributed by atoms with van der Waals surface area (Å²) in [6, 6.07) is 0.434. The Morgan fingerprint density at radius 3 is 2.62 bits per heavy atom. The fourth-order valence-corrected chi connectivity index (χ4v) is 1.98. The van der Waals surface area contributed by atoms with Gasteiger partial charge in [0.2, 0.25) is 6.08 Å². The summed E-state index contributed by atoms with van der Waals surface area (Å²) >= 11 is 0. The first-order valence-electron chi connectivity index (χ1n) is 5.12. The van der Waals surface area contributed by atoms with E-state index >= 15 is 0 Å². The van der Waals surface area contributed by atoms with Crippen molar-refractivity contribution >= 4 is 6.08 Å². The summed E-state index contributed by atoms with van der Waals surface area (Å²) in [5.74, 6) is 0.821. The molecule has 74 valence electrons. The number of isocyanates is 1. The Kier molecular flexibility index (Phi) is 4.73. The monoisotopic (exact) mass is 182 g/mol. The van der Waals surface area contributed by atoms with Crippen LogP contribution in [0.15, 0.2) is 4.99 Å². The third-order valence-electron chi connectivity index (χ3n) is 2.84. The standard InChI is InChI=1S/C10H18N2O/c11-10-5-3-9(4-6-10)2-1-7-12-8-13/h9-10H,1-7,11H2. The molecule has 13 heavy (non-hydrogen) atoms. The first-order chi connectivity index (χ1) is 6.33. The molecule has 0 heterocycles. The van der Waals surface area contributed by atoms with E-state index in [1.54, 1.807) is 6.08 Å². The van der Waals surface area contributed by atoms with Crippen molar-refractivity contribution < 1.29 is 4.79 Å². The molecule has 3 heteroatoms. The van der Waals surface area contributed by atoms with Crippen LogP contribution in [-0.4, -0.2) is 18.7 Å². The van der Waals surface area contributed by atoms with E-state index < -0.39 is 0 Å². The average Bonchev–Trinajstić information content (AvgIpc) is 2.15. The van der Waals surface area contributed by atoms with Gasteiger partial charge in [0, 0.05) is 6.04 Å². The zero-order chi connectivity index (χ0) is 9.52. The minimum absolute atomic E-state index is 0.434. The molecule has 0 saturated heterocycles. The highest BCUT2D eigenvalue weighted by Gasteiger charge is 2.17. The Balaban J connectivity index is 2.05. The topological polar surface area (TPSA) is 55.4 Å². The van der Waals surface area contributed by atoms with Crippen LogP contribution in [0.4, 0.5) is 0 Å². The number of nitrogens with two attached hydrogens (primary N) is 1. The van der Waals surface area contributed by atoms with Crippen LogP contribution in [0.1, 0.15) is 38.5 Å². The highest BCUT2D eigenvalue weighted by atomic mass is 16.1. The summed E-state index contributed by atoms with van der Waals surface area (Å²) in [4.78, 5) is 13.3. The van der Waals surface area contributed by atoms with Gasteiger partial charge in [-0.15, -0.1) is 0 Å². The summed E-state index contributed by atoms with van der Waals surface area (Å²) < 4.78 is 0. The van der Waals surface area contributed by atoms with Crippen LogP contribution in [0.3, 0.4) is 0 Å². The quantitative estimate of drug-likeness (QED) is 0.408. The average molecular weight is 182 g/mol. The van der Waals surface area contributed by atoms with Crippen molar-refractivity contribution in [2.45, 2.75) is 44.6 Å². The van der Waals surface area contributed by atoms with Crippen molar-refractivity contribution in [3.05, 3.63) is 0 Å². The second kappa shape index (κ2) is 5.90. The molecule has 1 aliphatic carbocycles. The van der Waals surface area contributed by atoms with Crippen LogP contribution in [0.2, 0.25) is 0 Å². The molecule has 1 aliphatic rings. The Hall–Kier alpha value is -0.660. The molecule has 3 nitrogen and oxygen atoms in total. The third-order valence-corrected chi connectivity index (χ3v) is 2.84. The van der Waals surface area contributed by atoms with Gasteiger partial charge in [-0.05, 0) is 44.4 Å². The first-order valence-corrected chi connectivity index (χ1v) is 5.12. The van der Waals surface area contributed by atoms with Gasteiger partial charge in [0.1, 0.15) is 0 Å². The minimum atomic E-state index is 0.434. The molecular formula is C10H18N2O. The van der Waals surface area contributed by atoms with Crippen LogP contribution >= 0.6 is 0 Å². The second-order valence-corrected chi connectivity index (χ2v) is 3.90. The van der Waals surface area contributed by atoms with E-state index in [1.165, 1.54) is 32.1 Å². The third kappa shape index (κ3) is 4.20. The van der Waals surface area contributed by atoms with E-state index in [-0.39, 0.29) is 0 Å². The molecule has 0 atom stereocenters. The van der Waals surface area contributed by atoms with Gasteiger partial charge in [-0.2, -0.15) is 0 Å². The van der Waals surface area contributed by atoms with Gasteiger partial charge in [0.25, 0.3) is 0 Å². The maximum Gasteiger partial charge on any atom is 0.234 e. The lowest BCUT2D eigenvalue weighted by Gasteiger charge is -2.25. The predicted octanol–water partition coefficient (Wildman–Crippen LogP) is 1.62. The largest absolute Gasteiger partial charge is 0.328 e. The van der Waals surface area contributed by atoms with E-state index in [4.69, 9.17) is 5.73 Å². The highest BCUT2D eigenvalue weighted by Crippen LogP contribution is 2.26. The van der Waals surface area contributed by atoms with E-state index in [1.807, 2.05) is 0 Å². The minimum Gasteiger partial charge on any atom is -0.328 e. The summed E-state index contributed by atoms with van der Waals surface area (Å²) in [5, 5.41) is 0. The van der Waals surface area contributed by atoms with Crippen LogP contribution < -0.4 is 5.73 Å². The van der Waals surface area contributed by atoms with Crippen LogP contribution in [0.25, 0.3) is 0 Å². The zero-order valence-corrected chi connectivity index (χ0v) is 8.04.